The molecule has 2 amide bonds. The van der Waals surface area contributed by atoms with Gasteiger partial charge in [-0.3, -0.25) is 20.4 Å². The fourth-order valence-electron chi connectivity index (χ4n) is 2.26. The molecular formula is C19H15Cl2N3O3. The molecular weight excluding hydrogens is 389 g/mol. The largest absolute Gasteiger partial charge is 0.441 e. The van der Waals surface area contributed by atoms with E-state index in [0.717, 1.165) is 5.56 Å². The molecule has 8 heteroatoms. The van der Waals surface area contributed by atoms with Crippen molar-refractivity contribution in [3.05, 3.63) is 76.2 Å². The molecule has 0 aliphatic carbocycles. The molecule has 0 spiro atoms. The van der Waals surface area contributed by atoms with E-state index in [0.29, 0.717) is 33.7 Å². The summed E-state index contributed by atoms with van der Waals surface area (Å²) in [6, 6.07) is 13.5. The second-order valence-corrected chi connectivity index (χ2v) is 6.51. The number of nitrogens with one attached hydrogen (secondary N) is 2. The van der Waals surface area contributed by atoms with Crippen LogP contribution in [0.1, 0.15) is 22.7 Å². The average molecular weight is 404 g/mol. The Balaban J connectivity index is 1.47. The highest BCUT2D eigenvalue weighted by molar-refractivity contribution is 6.30. The molecule has 3 rings (SSSR count). The maximum atomic E-state index is 11.9. The Morgan fingerprint density at radius 3 is 2.22 bits per heavy atom. The van der Waals surface area contributed by atoms with Gasteiger partial charge in [-0.2, -0.15) is 0 Å². The van der Waals surface area contributed by atoms with E-state index in [-0.39, 0.29) is 12.3 Å². The van der Waals surface area contributed by atoms with Crippen LogP contribution >= 0.6 is 23.2 Å². The predicted octanol–water partition coefficient (Wildman–Crippen LogP) is 4.04. The Hall–Kier alpha value is -2.83. The van der Waals surface area contributed by atoms with Crippen LogP contribution in [-0.2, 0) is 11.2 Å². The number of rotatable bonds is 5. The number of benzene rings is 2. The lowest BCUT2D eigenvalue weighted by Gasteiger charge is -2.06. The predicted molar refractivity (Wildman–Crippen MR) is 102 cm³/mol. The molecule has 0 atom stereocenters. The van der Waals surface area contributed by atoms with Crippen LogP contribution < -0.4 is 10.9 Å². The van der Waals surface area contributed by atoms with Crippen molar-refractivity contribution in [3.63, 3.8) is 0 Å². The zero-order valence-corrected chi connectivity index (χ0v) is 15.6. The van der Waals surface area contributed by atoms with Gasteiger partial charge in [-0.1, -0.05) is 23.2 Å². The fourth-order valence-corrected chi connectivity index (χ4v) is 2.51. The quantitative estimate of drug-likeness (QED) is 0.629. The molecule has 0 saturated heterocycles. The molecule has 27 heavy (non-hydrogen) atoms. The van der Waals surface area contributed by atoms with Crippen LogP contribution in [0, 0.1) is 0 Å². The van der Waals surface area contributed by atoms with E-state index in [9.17, 15) is 9.59 Å². The highest BCUT2D eigenvalue weighted by Gasteiger charge is 2.11. The summed E-state index contributed by atoms with van der Waals surface area (Å²) in [5.41, 5.74) is 5.93. The zero-order chi connectivity index (χ0) is 19.2. The molecule has 0 unspecified atom stereocenters. The van der Waals surface area contributed by atoms with Gasteiger partial charge in [0.1, 0.15) is 0 Å². The summed E-state index contributed by atoms with van der Waals surface area (Å²) in [6.07, 6.45) is 2.01. The van der Waals surface area contributed by atoms with Crippen molar-refractivity contribution < 1.29 is 14.0 Å². The van der Waals surface area contributed by atoms with Gasteiger partial charge in [-0.05, 0) is 48.5 Å². The number of hydrogen-bond acceptors (Lipinski definition) is 4. The Morgan fingerprint density at radius 1 is 0.926 bits per heavy atom. The van der Waals surface area contributed by atoms with E-state index in [1.165, 1.54) is 0 Å². The fraction of sp³-hybridized carbons (Fsp3) is 0.105. The van der Waals surface area contributed by atoms with Gasteiger partial charge in [0.25, 0.3) is 5.91 Å². The van der Waals surface area contributed by atoms with Crippen molar-refractivity contribution in [2.45, 2.75) is 12.8 Å². The lowest BCUT2D eigenvalue weighted by molar-refractivity contribution is -0.121. The molecule has 0 aliphatic heterocycles. The van der Waals surface area contributed by atoms with E-state index < -0.39 is 5.91 Å². The molecule has 0 radical (unpaired) electrons. The topological polar surface area (TPSA) is 84.2 Å². The minimum Gasteiger partial charge on any atom is -0.441 e. The Bertz CT molecular complexity index is 938. The van der Waals surface area contributed by atoms with Crippen LogP contribution in [0.25, 0.3) is 11.3 Å². The van der Waals surface area contributed by atoms with Gasteiger partial charge in [0.2, 0.25) is 5.91 Å². The van der Waals surface area contributed by atoms with Crippen molar-refractivity contribution in [1.82, 2.24) is 15.8 Å². The normalized spacial score (nSPS) is 10.4. The summed E-state index contributed by atoms with van der Waals surface area (Å²) in [6.45, 7) is 0. The van der Waals surface area contributed by atoms with Gasteiger partial charge < -0.3 is 4.42 Å². The van der Waals surface area contributed by atoms with Crippen LogP contribution in [0.4, 0.5) is 0 Å². The van der Waals surface area contributed by atoms with Gasteiger partial charge in [0.15, 0.2) is 11.7 Å². The summed E-state index contributed by atoms with van der Waals surface area (Å²) in [7, 11) is 0. The number of halogens is 2. The molecule has 0 aliphatic rings. The van der Waals surface area contributed by atoms with Gasteiger partial charge in [-0.15, -0.1) is 0 Å². The van der Waals surface area contributed by atoms with E-state index in [2.05, 4.69) is 15.8 Å². The molecule has 2 aromatic carbocycles. The first-order valence-corrected chi connectivity index (χ1v) is 8.82. The van der Waals surface area contributed by atoms with Crippen molar-refractivity contribution in [1.29, 1.82) is 0 Å². The Kier molecular flexibility index (Phi) is 6.11. The number of carbonyl (C=O) groups is 2. The number of aryl methyl sites for hydroxylation is 1. The molecule has 1 heterocycles. The summed E-state index contributed by atoms with van der Waals surface area (Å²) >= 11 is 11.6. The first kappa shape index (κ1) is 18.9. The van der Waals surface area contributed by atoms with Crippen LogP contribution in [-0.4, -0.2) is 16.8 Å². The van der Waals surface area contributed by atoms with E-state index in [1.807, 2.05) is 12.1 Å². The third kappa shape index (κ3) is 5.32. The second kappa shape index (κ2) is 8.70. The van der Waals surface area contributed by atoms with E-state index in [1.54, 1.807) is 42.6 Å². The van der Waals surface area contributed by atoms with Crippen molar-refractivity contribution in [2.24, 2.45) is 0 Å². The summed E-state index contributed by atoms with van der Waals surface area (Å²) in [4.78, 5) is 28.0. The monoisotopic (exact) mass is 403 g/mol. The van der Waals surface area contributed by atoms with Crippen molar-refractivity contribution in [2.75, 3.05) is 0 Å². The Labute approximate surface area is 165 Å². The Morgan fingerprint density at radius 2 is 1.56 bits per heavy atom. The highest BCUT2D eigenvalue weighted by Crippen LogP contribution is 2.22. The van der Waals surface area contributed by atoms with Gasteiger partial charge in [-0.25, -0.2) is 4.98 Å². The zero-order valence-electron chi connectivity index (χ0n) is 14.0. The number of hydrogen-bond donors (Lipinski definition) is 2. The number of amides is 2. The smallest absolute Gasteiger partial charge is 0.269 e. The second-order valence-electron chi connectivity index (χ2n) is 5.63. The van der Waals surface area contributed by atoms with Gasteiger partial charge in [0, 0.05) is 34.0 Å². The molecule has 3 aromatic rings. The van der Waals surface area contributed by atoms with Crippen LogP contribution in [0.2, 0.25) is 10.0 Å². The summed E-state index contributed by atoms with van der Waals surface area (Å²) in [5.74, 6) is 0.238. The number of hydrazine groups is 1. The van der Waals surface area contributed by atoms with Crippen LogP contribution in [0.15, 0.2) is 59.1 Å². The summed E-state index contributed by atoms with van der Waals surface area (Å²) < 4.78 is 5.63. The maximum Gasteiger partial charge on any atom is 0.269 e. The minimum absolute atomic E-state index is 0.113. The molecule has 2 N–H and O–H groups in total. The SMILES string of the molecule is O=C(CCc1ncc(-c2ccc(Cl)cc2)o1)NNC(=O)c1ccc(Cl)cc1. The molecule has 0 fully saturated rings. The van der Waals surface area contributed by atoms with E-state index >= 15 is 0 Å². The first-order chi connectivity index (χ1) is 13.0. The van der Waals surface area contributed by atoms with Crippen LogP contribution in [0.3, 0.4) is 0 Å². The maximum absolute atomic E-state index is 11.9. The van der Waals surface area contributed by atoms with Crippen molar-refractivity contribution in [3.8, 4) is 11.3 Å². The molecule has 138 valence electrons. The lowest BCUT2D eigenvalue weighted by atomic mass is 10.2. The minimum atomic E-state index is -0.429. The van der Waals surface area contributed by atoms with Gasteiger partial charge in [0.05, 0.1) is 6.20 Å². The third-order valence-corrected chi connectivity index (χ3v) is 4.17. The molecule has 1 aromatic heterocycles. The van der Waals surface area contributed by atoms with Crippen LogP contribution in [0.5, 0.6) is 0 Å². The lowest BCUT2D eigenvalue weighted by Crippen LogP contribution is -2.41. The number of carbonyl (C=O) groups excluding carboxylic acids is 2. The third-order valence-electron chi connectivity index (χ3n) is 3.67. The van der Waals surface area contributed by atoms with E-state index in [4.69, 9.17) is 27.6 Å². The standard InChI is InChI=1S/C19H15Cl2N3O3/c20-14-5-1-12(2-6-14)16-11-22-18(27-16)10-9-17(25)23-24-19(26)13-3-7-15(21)8-4-13/h1-8,11H,9-10H2,(H,23,25)(H,24,26). The van der Waals surface area contributed by atoms with Crippen molar-refractivity contribution >= 4 is 35.0 Å². The van der Waals surface area contributed by atoms with Gasteiger partial charge >= 0.3 is 0 Å². The first-order valence-electron chi connectivity index (χ1n) is 8.06. The molecule has 0 saturated carbocycles. The number of nitrogens with zero attached hydrogens (tertiary/aromatic N) is 1. The number of aromatic nitrogens is 1. The highest BCUT2D eigenvalue weighted by atomic mass is 35.5. The number of oxazole rings is 1. The summed E-state index contributed by atoms with van der Waals surface area (Å²) in [5, 5.41) is 1.16. The molecule has 0 bridgehead atoms. The molecule has 6 nitrogen and oxygen atoms in total. The average Bonchev–Trinajstić information content (AvgIpc) is 3.14.